The molecule has 2 N–H and O–H groups in total. The summed E-state index contributed by atoms with van der Waals surface area (Å²) in [6.45, 7) is 5.01. The van der Waals surface area contributed by atoms with Crippen LogP contribution in [0.25, 0.3) is 0 Å². The number of rotatable bonds is 4. The Hall–Kier alpha value is -0.740. The molecule has 0 atom stereocenters. The average molecular weight is 251 g/mol. The molecule has 0 spiro atoms. The number of aryl methyl sites for hydroxylation is 1. The first-order chi connectivity index (χ1) is 8.33. The second kappa shape index (κ2) is 6.26. The highest BCUT2D eigenvalue weighted by Gasteiger charge is 2.13. The fraction of sp³-hybridized carbons (Fsp3) is 0.615. The van der Waals surface area contributed by atoms with Crippen LogP contribution in [0.3, 0.4) is 0 Å². The van der Waals surface area contributed by atoms with Gasteiger partial charge >= 0.3 is 0 Å². The third kappa shape index (κ3) is 3.36. The molecule has 0 aliphatic carbocycles. The van der Waals surface area contributed by atoms with Crippen LogP contribution < -0.4 is 10.6 Å². The molecular formula is C13H21N3S. The predicted molar refractivity (Wildman–Crippen MR) is 75.7 cm³/mol. The Morgan fingerprint density at radius 1 is 1.35 bits per heavy atom. The van der Waals surface area contributed by atoms with Crippen molar-refractivity contribution in [2.75, 3.05) is 29.5 Å². The zero-order valence-corrected chi connectivity index (χ0v) is 11.3. The van der Waals surface area contributed by atoms with Gasteiger partial charge in [0.2, 0.25) is 0 Å². The van der Waals surface area contributed by atoms with Crippen molar-refractivity contribution in [3.63, 3.8) is 0 Å². The van der Waals surface area contributed by atoms with Gasteiger partial charge < -0.3 is 10.6 Å². The zero-order chi connectivity index (χ0) is 12.1. The maximum absolute atomic E-state index is 5.76. The van der Waals surface area contributed by atoms with E-state index in [4.69, 9.17) is 10.7 Å². The monoisotopic (exact) mass is 251 g/mol. The first-order valence-corrected chi connectivity index (χ1v) is 7.51. The van der Waals surface area contributed by atoms with Crippen molar-refractivity contribution < 1.29 is 0 Å². The molecule has 0 saturated carbocycles. The molecule has 0 radical (unpaired) electrons. The van der Waals surface area contributed by atoms with Gasteiger partial charge in [-0.15, -0.1) is 0 Å². The standard InChI is InChI=1S/C13H21N3S/c1-2-3-12-8-11(10-14)9-13(15-12)16-4-6-17-7-5-16/h8-9H,2-7,10,14H2,1H3. The van der Waals surface area contributed by atoms with Crippen LogP contribution in [0.2, 0.25) is 0 Å². The molecule has 17 heavy (non-hydrogen) atoms. The van der Waals surface area contributed by atoms with E-state index >= 15 is 0 Å². The number of hydrogen-bond donors (Lipinski definition) is 1. The normalized spacial score (nSPS) is 16.2. The van der Waals surface area contributed by atoms with Crippen LogP contribution in [0, 0.1) is 0 Å². The second-order valence-electron chi connectivity index (χ2n) is 4.38. The molecule has 0 unspecified atom stereocenters. The highest BCUT2D eigenvalue weighted by Crippen LogP contribution is 2.20. The van der Waals surface area contributed by atoms with Gasteiger partial charge in [0.15, 0.2) is 0 Å². The van der Waals surface area contributed by atoms with Gasteiger partial charge in [-0.1, -0.05) is 13.3 Å². The molecule has 2 rings (SSSR count). The van der Waals surface area contributed by atoms with E-state index in [0.29, 0.717) is 6.54 Å². The van der Waals surface area contributed by atoms with Crippen molar-refractivity contribution >= 4 is 17.6 Å². The summed E-state index contributed by atoms with van der Waals surface area (Å²) in [5.41, 5.74) is 8.15. The number of thioether (sulfide) groups is 1. The van der Waals surface area contributed by atoms with Crippen molar-refractivity contribution in [2.45, 2.75) is 26.3 Å². The Bertz CT molecular complexity index is 362. The summed E-state index contributed by atoms with van der Waals surface area (Å²) in [6, 6.07) is 4.29. The Kier molecular flexibility index (Phi) is 4.68. The molecule has 1 aromatic heterocycles. The topological polar surface area (TPSA) is 42.1 Å². The van der Waals surface area contributed by atoms with Gasteiger partial charge in [0.25, 0.3) is 0 Å². The van der Waals surface area contributed by atoms with Crippen LogP contribution in [-0.2, 0) is 13.0 Å². The molecule has 3 nitrogen and oxygen atoms in total. The van der Waals surface area contributed by atoms with Crippen LogP contribution in [-0.4, -0.2) is 29.6 Å². The van der Waals surface area contributed by atoms with Crippen molar-refractivity contribution in [1.82, 2.24) is 4.98 Å². The SMILES string of the molecule is CCCc1cc(CN)cc(N2CCSCC2)n1. The van der Waals surface area contributed by atoms with E-state index in [-0.39, 0.29) is 0 Å². The number of nitrogens with zero attached hydrogens (tertiary/aromatic N) is 2. The molecule has 0 amide bonds. The van der Waals surface area contributed by atoms with Crippen LogP contribution in [0.5, 0.6) is 0 Å². The molecule has 1 fully saturated rings. The summed E-state index contributed by atoms with van der Waals surface area (Å²) in [5, 5.41) is 0. The van der Waals surface area contributed by atoms with Gasteiger partial charge in [0, 0.05) is 36.8 Å². The van der Waals surface area contributed by atoms with Crippen LogP contribution in [0.15, 0.2) is 12.1 Å². The maximum Gasteiger partial charge on any atom is 0.129 e. The largest absolute Gasteiger partial charge is 0.355 e. The summed E-state index contributed by atoms with van der Waals surface area (Å²) in [4.78, 5) is 7.14. The van der Waals surface area contributed by atoms with Gasteiger partial charge in [0.05, 0.1) is 0 Å². The lowest BCUT2D eigenvalue weighted by Gasteiger charge is -2.28. The Morgan fingerprint density at radius 3 is 2.76 bits per heavy atom. The zero-order valence-electron chi connectivity index (χ0n) is 10.5. The number of aromatic nitrogens is 1. The number of pyridine rings is 1. The van der Waals surface area contributed by atoms with Crippen molar-refractivity contribution in [1.29, 1.82) is 0 Å². The fourth-order valence-corrected chi connectivity index (χ4v) is 2.99. The van der Waals surface area contributed by atoms with Gasteiger partial charge in [-0.05, 0) is 24.1 Å². The molecular weight excluding hydrogens is 230 g/mol. The molecule has 1 aromatic rings. The third-order valence-corrected chi connectivity index (χ3v) is 3.94. The molecule has 4 heteroatoms. The second-order valence-corrected chi connectivity index (χ2v) is 5.60. The predicted octanol–water partition coefficient (Wildman–Crippen LogP) is 2.05. The van der Waals surface area contributed by atoms with E-state index in [2.05, 4.69) is 24.0 Å². The Balaban J connectivity index is 2.21. The Labute approximate surface area is 108 Å². The molecule has 1 aliphatic heterocycles. The fourth-order valence-electron chi connectivity index (χ4n) is 2.09. The lowest BCUT2D eigenvalue weighted by Crippen LogP contribution is -2.33. The van der Waals surface area contributed by atoms with Gasteiger partial charge in [0.1, 0.15) is 5.82 Å². The van der Waals surface area contributed by atoms with Crippen molar-refractivity contribution in [3.05, 3.63) is 23.4 Å². The minimum atomic E-state index is 0.606. The number of nitrogens with two attached hydrogens (primary N) is 1. The summed E-state index contributed by atoms with van der Waals surface area (Å²) in [6.07, 6.45) is 2.18. The highest BCUT2D eigenvalue weighted by molar-refractivity contribution is 7.99. The summed E-state index contributed by atoms with van der Waals surface area (Å²) >= 11 is 2.02. The smallest absolute Gasteiger partial charge is 0.129 e. The maximum atomic E-state index is 5.76. The van der Waals surface area contributed by atoms with Crippen LogP contribution in [0.1, 0.15) is 24.6 Å². The summed E-state index contributed by atoms with van der Waals surface area (Å²) in [5.74, 6) is 3.53. The Morgan fingerprint density at radius 2 is 2.12 bits per heavy atom. The first-order valence-electron chi connectivity index (χ1n) is 6.36. The van der Waals surface area contributed by atoms with Crippen LogP contribution >= 0.6 is 11.8 Å². The molecule has 2 heterocycles. The van der Waals surface area contributed by atoms with E-state index in [1.54, 1.807) is 0 Å². The minimum absolute atomic E-state index is 0.606. The molecule has 0 aromatic carbocycles. The first kappa shape index (κ1) is 12.7. The highest BCUT2D eigenvalue weighted by atomic mass is 32.2. The van der Waals surface area contributed by atoms with Crippen molar-refractivity contribution in [2.24, 2.45) is 5.73 Å². The molecule has 1 aliphatic rings. The van der Waals surface area contributed by atoms with Crippen molar-refractivity contribution in [3.8, 4) is 0 Å². The quantitative estimate of drug-likeness (QED) is 0.889. The van der Waals surface area contributed by atoms with E-state index in [0.717, 1.165) is 31.7 Å². The van der Waals surface area contributed by atoms with E-state index in [9.17, 15) is 0 Å². The number of hydrogen-bond acceptors (Lipinski definition) is 4. The minimum Gasteiger partial charge on any atom is -0.355 e. The summed E-state index contributed by atoms with van der Waals surface area (Å²) in [7, 11) is 0. The van der Waals surface area contributed by atoms with Crippen LogP contribution in [0.4, 0.5) is 5.82 Å². The van der Waals surface area contributed by atoms with Gasteiger partial charge in [-0.25, -0.2) is 4.98 Å². The molecule has 94 valence electrons. The number of anilines is 1. The van der Waals surface area contributed by atoms with Gasteiger partial charge in [-0.3, -0.25) is 0 Å². The molecule has 1 saturated heterocycles. The molecule has 0 bridgehead atoms. The van der Waals surface area contributed by atoms with E-state index in [1.807, 2.05) is 11.8 Å². The third-order valence-electron chi connectivity index (χ3n) is 3.00. The van der Waals surface area contributed by atoms with E-state index < -0.39 is 0 Å². The average Bonchev–Trinajstić information content (AvgIpc) is 2.40. The summed E-state index contributed by atoms with van der Waals surface area (Å²) < 4.78 is 0. The lowest BCUT2D eigenvalue weighted by molar-refractivity contribution is 0.813. The van der Waals surface area contributed by atoms with Gasteiger partial charge in [-0.2, -0.15) is 11.8 Å². The van der Waals surface area contributed by atoms with E-state index in [1.165, 1.54) is 22.8 Å². The lowest BCUT2D eigenvalue weighted by atomic mass is 10.1.